The molecular formula is C17H28N2. The van der Waals surface area contributed by atoms with E-state index in [2.05, 4.69) is 56.2 Å². The summed E-state index contributed by atoms with van der Waals surface area (Å²) in [6.45, 7) is 9.03. The van der Waals surface area contributed by atoms with Gasteiger partial charge in [-0.15, -0.1) is 0 Å². The van der Waals surface area contributed by atoms with E-state index in [9.17, 15) is 0 Å². The Bertz CT molecular complexity index is 387. The number of nitrogens with zero attached hydrogens (tertiary/aromatic N) is 1. The molecule has 1 saturated heterocycles. The molecule has 1 aliphatic heterocycles. The van der Waals surface area contributed by atoms with E-state index in [1.807, 2.05) is 0 Å². The summed E-state index contributed by atoms with van der Waals surface area (Å²) < 4.78 is 0. The molecule has 2 atom stereocenters. The zero-order valence-corrected chi connectivity index (χ0v) is 12.9. The molecule has 1 N–H and O–H groups in total. The second kappa shape index (κ2) is 6.53. The molecule has 0 spiro atoms. The molecule has 1 aromatic carbocycles. The van der Waals surface area contributed by atoms with Crippen LogP contribution in [0, 0.1) is 13.8 Å². The Kier molecular flexibility index (Phi) is 5.00. The van der Waals surface area contributed by atoms with Crippen molar-refractivity contribution in [2.24, 2.45) is 0 Å². The minimum atomic E-state index is 0.488. The Balaban J connectivity index is 1.99. The van der Waals surface area contributed by atoms with E-state index in [0.717, 1.165) is 6.54 Å². The Morgan fingerprint density at radius 2 is 1.89 bits per heavy atom. The lowest BCUT2D eigenvalue weighted by Gasteiger charge is -2.32. The summed E-state index contributed by atoms with van der Waals surface area (Å²) in [4.78, 5) is 2.48. The van der Waals surface area contributed by atoms with Gasteiger partial charge in [0.1, 0.15) is 0 Å². The van der Waals surface area contributed by atoms with E-state index in [-0.39, 0.29) is 0 Å². The van der Waals surface area contributed by atoms with Crippen molar-refractivity contribution in [3.8, 4) is 0 Å². The van der Waals surface area contributed by atoms with Gasteiger partial charge in [0.2, 0.25) is 0 Å². The van der Waals surface area contributed by atoms with Crippen molar-refractivity contribution in [3.63, 3.8) is 0 Å². The Morgan fingerprint density at radius 3 is 2.47 bits per heavy atom. The van der Waals surface area contributed by atoms with E-state index >= 15 is 0 Å². The van der Waals surface area contributed by atoms with Crippen molar-refractivity contribution in [1.82, 2.24) is 10.2 Å². The number of rotatable bonds is 4. The van der Waals surface area contributed by atoms with Gasteiger partial charge < -0.3 is 5.32 Å². The van der Waals surface area contributed by atoms with Crippen molar-refractivity contribution in [2.45, 2.75) is 52.1 Å². The number of aryl methyl sites for hydroxylation is 2. The third kappa shape index (κ3) is 4.05. The van der Waals surface area contributed by atoms with Gasteiger partial charge in [-0.25, -0.2) is 0 Å². The van der Waals surface area contributed by atoms with Gasteiger partial charge in [0.15, 0.2) is 0 Å². The van der Waals surface area contributed by atoms with E-state index in [4.69, 9.17) is 0 Å². The molecule has 106 valence electrons. The first-order chi connectivity index (χ1) is 9.06. The quantitative estimate of drug-likeness (QED) is 0.892. The topological polar surface area (TPSA) is 15.3 Å². The number of hydrogen-bond acceptors (Lipinski definition) is 2. The third-order valence-electron chi connectivity index (χ3n) is 4.31. The normalized spacial score (nSPS) is 21.6. The minimum Gasteiger partial charge on any atom is -0.313 e. The maximum absolute atomic E-state index is 3.64. The zero-order chi connectivity index (χ0) is 13.8. The van der Waals surface area contributed by atoms with Crippen molar-refractivity contribution in [2.75, 3.05) is 20.1 Å². The number of piperidine rings is 1. The van der Waals surface area contributed by atoms with Crippen molar-refractivity contribution in [1.29, 1.82) is 0 Å². The molecule has 1 heterocycles. The van der Waals surface area contributed by atoms with Crippen LogP contribution >= 0.6 is 0 Å². The second-order valence-electron chi connectivity index (χ2n) is 6.18. The van der Waals surface area contributed by atoms with E-state index in [1.165, 1.54) is 42.5 Å². The summed E-state index contributed by atoms with van der Waals surface area (Å²) in [6.07, 6.45) is 4.04. The van der Waals surface area contributed by atoms with E-state index < -0.39 is 0 Å². The second-order valence-corrected chi connectivity index (χ2v) is 6.18. The van der Waals surface area contributed by atoms with Gasteiger partial charge in [0.25, 0.3) is 0 Å². The highest BCUT2D eigenvalue weighted by atomic mass is 15.1. The highest BCUT2D eigenvalue weighted by Gasteiger charge is 2.18. The molecule has 0 aliphatic carbocycles. The first-order valence-electron chi connectivity index (χ1n) is 7.58. The minimum absolute atomic E-state index is 0.488. The fourth-order valence-electron chi connectivity index (χ4n) is 3.09. The van der Waals surface area contributed by atoms with Crippen molar-refractivity contribution < 1.29 is 0 Å². The van der Waals surface area contributed by atoms with Gasteiger partial charge in [0.05, 0.1) is 0 Å². The standard InChI is InChI=1S/C17H28N2/c1-13-9-14(2)11-16(10-13)15(3)19(4)12-17-7-5-6-8-18-17/h9-11,15,17-18H,5-8,12H2,1-4H3. The van der Waals surface area contributed by atoms with Crippen molar-refractivity contribution >= 4 is 0 Å². The molecule has 2 unspecified atom stereocenters. The van der Waals surface area contributed by atoms with Crippen LogP contribution in [-0.4, -0.2) is 31.1 Å². The van der Waals surface area contributed by atoms with Crippen LogP contribution in [-0.2, 0) is 0 Å². The van der Waals surface area contributed by atoms with Crippen LogP contribution in [0.25, 0.3) is 0 Å². The van der Waals surface area contributed by atoms with Crippen LogP contribution in [0.2, 0.25) is 0 Å². The molecule has 1 aromatic rings. The molecule has 0 saturated carbocycles. The molecule has 0 radical (unpaired) electrons. The van der Waals surface area contributed by atoms with Crippen LogP contribution in [0.15, 0.2) is 18.2 Å². The van der Waals surface area contributed by atoms with Crippen LogP contribution in [0.1, 0.15) is 48.9 Å². The molecule has 1 fully saturated rings. The smallest absolute Gasteiger partial charge is 0.0317 e. The highest BCUT2D eigenvalue weighted by molar-refractivity contribution is 5.30. The summed E-state index contributed by atoms with van der Waals surface area (Å²) in [5.74, 6) is 0. The molecule has 1 aliphatic rings. The number of hydrogen-bond donors (Lipinski definition) is 1. The van der Waals surface area contributed by atoms with Gasteiger partial charge in [0, 0.05) is 18.6 Å². The van der Waals surface area contributed by atoms with Crippen LogP contribution < -0.4 is 5.32 Å². The first kappa shape index (κ1) is 14.5. The summed E-state index contributed by atoms with van der Waals surface area (Å²) in [7, 11) is 2.25. The molecule has 0 amide bonds. The molecular weight excluding hydrogens is 232 g/mol. The zero-order valence-electron chi connectivity index (χ0n) is 12.9. The lowest BCUT2D eigenvalue weighted by molar-refractivity contribution is 0.214. The lowest BCUT2D eigenvalue weighted by Crippen LogP contribution is -2.43. The van der Waals surface area contributed by atoms with Crippen LogP contribution in [0.3, 0.4) is 0 Å². The van der Waals surface area contributed by atoms with Gasteiger partial charge in [-0.2, -0.15) is 0 Å². The fraction of sp³-hybridized carbons (Fsp3) is 0.647. The van der Waals surface area contributed by atoms with Gasteiger partial charge >= 0.3 is 0 Å². The largest absolute Gasteiger partial charge is 0.313 e. The Morgan fingerprint density at radius 1 is 1.21 bits per heavy atom. The SMILES string of the molecule is Cc1cc(C)cc(C(C)N(C)CC2CCCCN2)c1. The maximum Gasteiger partial charge on any atom is 0.0317 e. The lowest BCUT2D eigenvalue weighted by atomic mass is 10.00. The number of benzene rings is 1. The molecule has 0 bridgehead atoms. The summed E-state index contributed by atoms with van der Waals surface area (Å²) >= 11 is 0. The third-order valence-corrected chi connectivity index (χ3v) is 4.31. The molecule has 0 aromatic heterocycles. The predicted octanol–water partition coefficient (Wildman–Crippen LogP) is 3.44. The monoisotopic (exact) mass is 260 g/mol. The molecule has 2 nitrogen and oxygen atoms in total. The first-order valence-corrected chi connectivity index (χ1v) is 7.58. The average Bonchev–Trinajstić information content (AvgIpc) is 2.37. The van der Waals surface area contributed by atoms with Crippen LogP contribution in [0.5, 0.6) is 0 Å². The van der Waals surface area contributed by atoms with Gasteiger partial charge in [-0.1, -0.05) is 35.7 Å². The molecule has 19 heavy (non-hydrogen) atoms. The van der Waals surface area contributed by atoms with Crippen molar-refractivity contribution in [3.05, 3.63) is 34.9 Å². The van der Waals surface area contributed by atoms with Gasteiger partial charge in [-0.05, 0) is 52.8 Å². The van der Waals surface area contributed by atoms with Gasteiger partial charge in [-0.3, -0.25) is 4.90 Å². The number of nitrogens with one attached hydrogen (secondary N) is 1. The fourth-order valence-corrected chi connectivity index (χ4v) is 3.09. The molecule has 2 heteroatoms. The van der Waals surface area contributed by atoms with Crippen LogP contribution in [0.4, 0.5) is 0 Å². The average molecular weight is 260 g/mol. The Hall–Kier alpha value is -0.860. The molecule has 2 rings (SSSR count). The highest BCUT2D eigenvalue weighted by Crippen LogP contribution is 2.22. The van der Waals surface area contributed by atoms with E-state index in [1.54, 1.807) is 0 Å². The summed E-state index contributed by atoms with van der Waals surface area (Å²) in [5.41, 5.74) is 4.17. The predicted molar refractivity (Wildman–Crippen MR) is 82.6 cm³/mol. The van der Waals surface area contributed by atoms with E-state index in [0.29, 0.717) is 12.1 Å². The Labute approximate surface area is 118 Å². The summed E-state index contributed by atoms with van der Waals surface area (Å²) in [6, 6.07) is 8.05. The summed E-state index contributed by atoms with van der Waals surface area (Å²) in [5, 5.41) is 3.64. The number of likely N-dealkylation sites (N-methyl/N-ethyl adjacent to an activating group) is 1. The maximum atomic E-state index is 3.64.